The summed E-state index contributed by atoms with van der Waals surface area (Å²) in [6.45, 7) is 13.8. The van der Waals surface area contributed by atoms with Crippen LogP contribution in [0.3, 0.4) is 0 Å². The Morgan fingerprint density at radius 2 is 1.49 bits per heavy atom. The molecule has 0 aliphatic heterocycles. The number of ether oxygens (including phenoxy) is 2. The minimum Gasteiger partial charge on any atom is -0.444 e. The highest BCUT2D eigenvalue weighted by atomic mass is 32.2. The molecule has 2 amide bonds. The summed E-state index contributed by atoms with van der Waals surface area (Å²) >= 11 is 0. The van der Waals surface area contributed by atoms with Gasteiger partial charge in [0.1, 0.15) is 11.2 Å². The molecule has 1 aromatic rings. The molecule has 1 aromatic carbocycles. The molecule has 0 aromatic heterocycles. The first-order valence-electron chi connectivity index (χ1n) is 13.4. The second kappa shape index (κ2) is 15.3. The molecule has 0 heterocycles. The second-order valence-corrected chi connectivity index (χ2v) is 15.1. The zero-order valence-corrected chi connectivity index (χ0v) is 26.9. The number of phosphoric acid groups is 1. The molecule has 236 valence electrons. The minimum absolute atomic E-state index is 0.0611. The number of hydrogen-bond acceptors (Lipinski definition) is 8. The maximum atomic E-state index is 13.8. The molecule has 0 radical (unpaired) electrons. The Kier molecular flexibility index (Phi) is 13.7. The number of unbranched alkanes of at least 4 members (excludes halogenated alkanes) is 1. The molecule has 15 heteroatoms. The predicted octanol–water partition coefficient (Wildman–Crippen LogP) is 4.85. The summed E-state index contributed by atoms with van der Waals surface area (Å²) in [5.41, 5.74) is -1.03. The lowest BCUT2D eigenvalue weighted by atomic mass is 10.1. The number of benzene rings is 1. The smallest absolute Gasteiger partial charge is 0.444 e. The van der Waals surface area contributed by atoms with Gasteiger partial charge in [0, 0.05) is 24.8 Å². The summed E-state index contributed by atoms with van der Waals surface area (Å²) < 4.78 is 55.3. The van der Waals surface area contributed by atoms with Crippen LogP contribution in [0.15, 0.2) is 29.2 Å². The zero-order chi connectivity index (χ0) is 31.6. The maximum absolute atomic E-state index is 13.8. The van der Waals surface area contributed by atoms with E-state index in [-0.39, 0.29) is 30.3 Å². The molecule has 1 rings (SSSR count). The largest absolute Gasteiger partial charge is 0.469 e. The molecule has 1 unspecified atom stereocenters. The summed E-state index contributed by atoms with van der Waals surface area (Å²) in [7, 11) is -9.03. The van der Waals surface area contributed by atoms with Crippen LogP contribution >= 0.6 is 7.82 Å². The van der Waals surface area contributed by atoms with Gasteiger partial charge in [-0.15, -0.1) is 0 Å². The standard InChI is InChI=1S/C26H46N3O10PS/c1-19(2)17-29(41(35,36)22-14-12-20(13-15-22)28-24(31)39-26(6,7)8)21(18-37-40(32,33)34)11-9-10-16-27-23(30)38-25(3,4)5/h12-15,19,21H,9-11,16-18H2,1-8H3,(H,27,30)(H,28,31)(H2,32,33,34). The lowest BCUT2D eigenvalue weighted by Crippen LogP contribution is -2.44. The Labute approximate surface area is 243 Å². The van der Waals surface area contributed by atoms with Crippen molar-refractivity contribution in [1.29, 1.82) is 0 Å². The van der Waals surface area contributed by atoms with Crippen molar-refractivity contribution in [3.05, 3.63) is 24.3 Å². The summed E-state index contributed by atoms with van der Waals surface area (Å²) in [4.78, 5) is 42.5. The van der Waals surface area contributed by atoms with E-state index >= 15 is 0 Å². The molecular formula is C26H46N3O10PS. The Morgan fingerprint density at radius 3 is 1.98 bits per heavy atom. The van der Waals surface area contributed by atoms with E-state index in [4.69, 9.17) is 14.0 Å². The van der Waals surface area contributed by atoms with E-state index in [1.165, 1.54) is 28.6 Å². The normalized spacial score (nSPS) is 13.7. The Bertz CT molecular complexity index is 1140. The first-order chi connectivity index (χ1) is 18.6. The summed E-state index contributed by atoms with van der Waals surface area (Å²) in [5.74, 6) is -0.121. The molecule has 0 fully saturated rings. The zero-order valence-electron chi connectivity index (χ0n) is 25.2. The number of rotatable bonds is 14. The third kappa shape index (κ3) is 15.5. The second-order valence-electron chi connectivity index (χ2n) is 12.0. The molecule has 4 N–H and O–H groups in total. The fraction of sp³-hybridized carbons (Fsp3) is 0.692. The molecule has 0 saturated heterocycles. The van der Waals surface area contributed by atoms with Gasteiger partial charge < -0.3 is 24.6 Å². The van der Waals surface area contributed by atoms with E-state index < -0.39 is 53.9 Å². The van der Waals surface area contributed by atoms with Crippen LogP contribution in [0.25, 0.3) is 0 Å². The molecule has 0 aliphatic carbocycles. The summed E-state index contributed by atoms with van der Waals surface area (Å²) in [6.07, 6.45) is -0.168. The molecule has 0 saturated carbocycles. The number of nitrogens with zero attached hydrogens (tertiary/aromatic N) is 1. The van der Waals surface area contributed by atoms with Crippen molar-refractivity contribution >= 4 is 35.7 Å². The maximum Gasteiger partial charge on any atom is 0.469 e. The van der Waals surface area contributed by atoms with Crippen molar-refractivity contribution in [3.8, 4) is 0 Å². The molecule has 1 atom stereocenters. The molecule has 0 bridgehead atoms. The number of amides is 2. The van der Waals surface area contributed by atoms with Crippen LogP contribution in [-0.4, -0.2) is 71.6 Å². The third-order valence-electron chi connectivity index (χ3n) is 5.13. The van der Waals surface area contributed by atoms with E-state index in [1.54, 1.807) is 41.5 Å². The van der Waals surface area contributed by atoms with Crippen molar-refractivity contribution in [3.63, 3.8) is 0 Å². The number of carbonyl (C=O) groups excluding carboxylic acids is 2. The number of anilines is 1. The van der Waals surface area contributed by atoms with E-state index in [0.29, 0.717) is 18.5 Å². The van der Waals surface area contributed by atoms with E-state index in [1.807, 2.05) is 13.8 Å². The van der Waals surface area contributed by atoms with Gasteiger partial charge in [-0.3, -0.25) is 9.84 Å². The van der Waals surface area contributed by atoms with Crippen LogP contribution in [0.2, 0.25) is 0 Å². The van der Waals surface area contributed by atoms with Crippen molar-refractivity contribution in [2.24, 2.45) is 5.92 Å². The first kappa shape index (κ1) is 36.8. The van der Waals surface area contributed by atoms with Crippen molar-refractivity contribution < 1.29 is 46.4 Å². The fourth-order valence-corrected chi connectivity index (χ4v) is 5.74. The van der Waals surface area contributed by atoms with Gasteiger partial charge in [-0.1, -0.05) is 20.3 Å². The summed E-state index contributed by atoms with van der Waals surface area (Å²) in [5, 5.41) is 5.17. The van der Waals surface area contributed by atoms with Gasteiger partial charge in [0.2, 0.25) is 10.0 Å². The van der Waals surface area contributed by atoms with Crippen molar-refractivity contribution in [2.75, 3.05) is 25.0 Å². The van der Waals surface area contributed by atoms with Crippen LogP contribution in [0.1, 0.15) is 74.7 Å². The van der Waals surface area contributed by atoms with Gasteiger partial charge in [-0.2, -0.15) is 4.31 Å². The van der Waals surface area contributed by atoms with Gasteiger partial charge in [0.15, 0.2) is 0 Å². The van der Waals surface area contributed by atoms with E-state index in [2.05, 4.69) is 10.6 Å². The molecular weight excluding hydrogens is 577 g/mol. The Hall–Kier alpha value is -2.22. The fourth-order valence-electron chi connectivity index (χ4n) is 3.57. The number of carbonyl (C=O) groups is 2. The van der Waals surface area contributed by atoms with Crippen molar-refractivity contribution in [1.82, 2.24) is 9.62 Å². The van der Waals surface area contributed by atoms with Gasteiger partial charge >= 0.3 is 20.0 Å². The van der Waals surface area contributed by atoms with Crippen LogP contribution in [0.4, 0.5) is 15.3 Å². The topological polar surface area (TPSA) is 181 Å². The van der Waals surface area contributed by atoms with Crippen LogP contribution in [-0.2, 0) is 28.6 Å². The van der Waals surface area contributed by atoms with Gasteiger partial charge in [-0.05, 0) is 84.6 Å². The summed E-state index contributed by atoms with van der Waals surface area (Å²) in [6, 6.07) is 4.61. The molecule has 0 aliphatic rings. The number of phosphoric ester groups is 1. The number of hydrogen-bond donors (Lipinski definition) is 4. The van der Waals surface area contributed by atoms with Gasteiger partial charge in [0.05, 0.1) is 11.5 Å². The quantitative estimate of drug-likeness (QED) is 0.165. The lowest BCUT2D eigenvalue weighted by Gasteiger charge is -2.32. The highest BCUT2D eigenvalue weighted by Crippen LogP contribution is 2.37. The molecule has 13 nitrogen and oxygen atoms in total. The number of nitrogens with one attached hydrogen (secondary N) is 2. The predicted molar refractivity (Wildman–Crippen MR) is 155 cm³/mol. The number of sulfonamides is 1. The van der Waals surface area contributed by atoms with E-state index in [0.717, 1.165) is 0 Å². The minimum atomic E-state index is -4.88. The SMILES string of the molecule is CC(C)CN(C(CCCCNC(=O)OC(C)(C)C)COP(=O)(O)O)S(=O)(=O)c1ccc(NC(=O)OC(C)(C)C)cc1. The highest BCUT2D eigenvalue weighted by Gasteiger charge is 2.33. The highest BCUT2D eigenvalue weighted by molar-refractivity contribution is 7.89. The van der Waals surface area contributed by atoms with Crippen LogP contribution in [0, 0.1) is 5.92 Å². The number of alkyl carbamates (subject to hydrolysis) is 1. The lowest BCUT2D eigenvalue weighted by molar-refractivity contribution is 0.0525. The average Bonchev–Trinajstić information content (AvgIpc) is 2.76. The van der Waals surface area contributed by atoms with Crippen molar-refractivity contribution in [2.45, 2.75) is 96.8 Å². The first-order valence-corrected chi connectivity index (χ1v) is 16.3. The van der Waals surface area contributed by atoms with Crippen LogP contribution < -0.4 is 10.6 Å². The van der Waals surface area contributed by atoms with Gasteiger partial charge in [-0.25, -0.2) is 22.6 Å². The van der Waals surface area contributed by atoms with Gasteiger partial charge in [0.25, 0.3) is 0 Å². The third-order valence-corrected chi connectivity index (χ3v) is 7.54. The molecule has 0 spiro atoms. The molecule has 41 heavy (non-hydrogen) atoms. The van der Waals surface area contributed by atoms with Crippen LogP contribution in [0.5, 0.6) is 0 Å². The van der Waals surface area contributed by atoms with E-state index in [9.17, 15) is 32.4 Å². The Morgan fingerprint density at radius 1 is 0.951 bits per heavy atom. The monoisotopic (exact) mass is 623 g/mol. The Balaban J connectivity index is 3.10. The average molecular weight is 624 g/mol.